The maximum Gasteiger partial charge on any atom is 0.263 e. The van der Waals surface area contributed by atoms with Crippen molar-refractivity contribution in [2.45, 2.75) is 50.4 Å². The van der Waals surface area contributed by atoms with E-state index in [2.05, 4.69) is 9.97 Å². The lowest BCUT2D eigenvalue weighted by Crippen LogP contribution is -2.50. The summed E-state index contributed by atoms with van der Waals surface area (Å²) in [5, 5.41) is 0. The quantitative estimate of drug-likeness (QED) is 0.773. The second-order valence-electron chi connectivity index (χ2n) is 9.31. The maximum absolute atomic E-state index is 12.7. The molecule has 1 saturated heterocycles. The average molecular weight is 429 g/mol. The molecule has 28 heavy (non-hydrogen) atoms. The Morgan fingerprint density at radius 2 is 1.79 bits per heavy atom. The standard InChI is InChI=1S/C20H28N4O2.2ClH/c21-9-12-1-2-24(11-12)18(26)16-10-22-19(23-17(16)25)20-6-13-3-14(7-20)5-15(4-13)8-20;;/h10,12-15H,1-9,11,21H2,(H,22,23,25);2*1H. The highest BCUT2D eigenvalue weighted by Gasteiger charge is 2.53. The Labute approximate surface area is 177 Å². The highest BCUT2D eigenvalue weighted by Crippen LogP contribution is 2.59. The molecule has 3 N–H and O–H groups in total. The Hall–Kier alpha value is -1.11. The minimum atomic E-state index is -0.271. The number of hydrogen-bond donors (Lipinski definition) is 2. The third-order valence-corrected chi connectivity index (χ3v) is 7.48. The number of rotatable bonds is 3. The van der Waals surface area contributed by atoms with E-state index in [1.165, 1.54) is 25.5 Å². The summed E-state index contributed by atoms with van der Waals surface area (Å²) in [4.78, 5) is 34.8. The van der Waals surface area contributed by atoms with Crippen LogP contribution in [0.4, 0.5) is 0 Å². The van der Waals surface area contributed by atoms with Gasteiger partial charge in [-0.15, -0.1) is 24.8 Å². The lowest BCUT2D eigenvalue weighted by atomic mass is 9.49. The minimum absolute atomic E-state index is 0. The molecule has 1 unspecified atom stereocenters. The smallest absolute Gasteiger partial charge is 0.263 e. The summed E-state index contributed by atoms with van der Waals surface area (Å²) < 4.78 is 0. The molecule has 0 aromatic carbocycles. The van der Waals surface area contributed by atoms with Crippen molar-refractivity contribution in [1.29, 1.82) is 0 Å². The molecule has 156 valence electrons. The summed E-state index contributed by atoms with van der Waals surface area (Å²) in [6, 6.07) is 0. The summed E-state index contributed by atoms with van der Waals surface area (Å²) in [5.41, 5.74) is 5.67. The summed E-state index contributed by atoms with van der Waals surface area (Å²) in [6.07, 6.45) is 9.98. The molecule has 1 aromatic heterocycles. The zero-order valence-electron chi connectivity index (χ0n) is 16.1. The lowest BCUT2D eigenvalue weighted by Gasteiger charge is -2.56. The van der Waals surface area contributed by atoms with Gasteiger partial charge in [-0.25, -0.2) is 4.98 Å². The van der Waals surface area contributed by atoms with E-state index < -0.39 is 0 Å². The third kappa shape index (κ3) is 3.48. The van der Waals surface area contributed by atoms with Crippen LogP contribution in [-0.2, 0) is 5.41 Å². The van der Waals surface area contributed by atoms with Gasteiger partial charge in [-0.05, 0) is 75.2 Å². The number of aromatic amines is 1. The van der Waals surface area contributed by atoms with E-state index in [0.717, 1.165) is 49.3 Å². The number of likely N-dealkylation sites (tertiary alicyclic amines) is 1. The molecular formula is C20H30Cl2N4O2. The van der Waals surface area contributed by atoms with Crippen LogP contribution in [0.25, 0.3) is 0 Å². The van der Waals surface area contributed by atoms with Gasteiger partial charge >= 0.3 is 0 Å². The van der Waals surface area contributed by atoms with E-state index in [-0.39, 0.29) is 47.3 Å². The molecular weight excluding hydrogens is 399 g/mol. The van der Waals surface area contributed by atoms with Gasteiger partial charge in [0.1, 0.15) is 11.4 Å². The zero-order chi connectivity index (χ0) is 17.9. The first kappa shape index (κ1) is 21.6. The van der Waals surface area contributed by atoms with Crippen LogP contribution in [0.2, 0.25) is 0 Å². The van der Waals surface area contributed by atoms with Crippen molar-refractivity contribution in [3.8, 4) is 0 Å². The molecule has 1 aromatic rings. The second-order valence-corrected chi connectivity index (χ2v) is 9.31. The molecule has 2 heterocycles. The van der Waals surface area contributed by atoms with Gasteiger partial charge in [-0.2, -0.15) is 0 Å². The van der Waals surface area contributed by atoms with Gasteiger partial charge in [0.15, 0.2) is 0 Å². The van der Waals surface area contributed by atoms with Crippen LogP contribution in [-0.4, -0.2) is 40.4 Å². The number of nitrogens with one attached hydrogen (secondary N) is 1. The normalized spacial score (nSPS) is 35.4. The van der Waals surface area contributed by atoms with Crippen molar-refractivity contribution in [3.05, 3.63) is 27.9 Å². The summed E-state index contributed by atoms with van der Waals surface area (Å²) in [7, 11) is 0. The Kier molecular flexibility index (Phi) is 6.14. The number of hydrogen-bond acceptors (Lipinski definition) is 4. The highest BCUT2D eigenvalue weighted by atomic mass is 35.5. The molecule has 1 aliphatic heterocycles. The van der Waals surface area contributed by atoms with E-state index >= 15 is 0 Å². The molecule has 1 atom stereocenters. The van der Waals surface area contributed by atoms with Crippen molar-refractivity contribution >= 4 is 30.7 Å². The zero-order valence-corrected chi connectivity index (χ0v) is 17.7. The van der Waals surface area contributed by atoms with Gasteiger partial charge in [0.2, 0.25) is 0 Å². The fraction of sp³-hybridized carbons (Fsp3) is 0.750. The second kappa shape index (κ2) is 7.96. The number of nitrogens with zero attached hydrogens (tertiary/aromatic N) is 2. The molecule has 4 bridgehead atoms. The molecule has 8 heteroatoms. The lowest BCUT2D eigenvalue weighted by molar-refractivity contribution is -0.00954. The van der Waals surface area contributed by atoms with Gasteiger partial charge in [0.05, 0.1) is 0 Å². The van der Waals surface area contributed by atoms with Crippen molar-refractivity contribution in [2.75, 3.05) is 19.6 Å². The SMILES string of the molecule is Cl.Cl.NCC1CCN(C(=O)c2cnc(C34CC5CC(CC(C5)C3)C4)[nH]c2=O)C1. The topological polar surface area (TPSA) is 92.1 Å². The number of carbonyl (C=O) groups is 1. The van der Waals surface area contributed by atoms with E-state index in [0.29, 0.717) is 25.6 Å². The van der Waals surface area contributed by atoms with Crippen LogP contribution in [0.1, 0.15) is 61.1 Å². The van der Waals surface area contributed by atoms with Gasteiger partial charge in [0.25, 0.3) is 11.5 Å². The van der Waals surface area contributed by atoms with Crippen LogP contribution in [0.15, 0.2) is 11.0 Å². The first-order chi connectivity index (χ1) is 12.6. The average Bonchev–Trinajstić information content (AvgIpc) is 3.09. The molecule has 6 rings (SSSR count). The van der Waals surface area contributed by atoms with Gasteiger partial charge < -0.3 is 15.6 Å². The Morgan fingerprint density at radius 3 is 2.29 bits per heavy atom. The molecule has 4 saturated carbocycles. The van der Waals surface area contributed by atoms with E-state index in [1.807, 2.05) is 0 Å². The number of H-pyrrole nitrogens is 1. The first-order valence-electron chi connectivity index (χ1n) is 10.2. The Morgan fingerprint density at radius 1 is 1.18 bits per heavy atom. The predicted octanol–water partition coefficient (Wildman–Crippen LogP) is 2.50. The van der Waals surface area contributed by atoms with Gasteiger partial charge in [-0.3, -0.25) is 9.59 Å². The molecule has 5 aliphatic rings. The highest BCUT2D eigenvalue weighted by molar-refractivity contribution is 5.93. The molecule has 1 amide bonds. The monoisotopic (exact) mass is 428 g/mol. The molecule has 6 nitrogen and oxygen atoms in total. The number of aromatic nitrogens is 2. The van der Waals surface area contributed by atoms with E-state index in [4.69, 9.17) is 5.73 Å². The first-order valence-corrected chi connectivity index (χ1v) is 10.2. The van der Waals surface area contributed by atoms with Gasteiger partial charge in [0, 0.05) is 24.7 Å². The number of nitrogens with two attached hydrogens (primary N) is 1. The Balaban J connectivity index is 0.00000112. The van der Waals surface area contributed by atoms with Crippen LogP contribution >= 0.6 is 24.8 Å². The third-order valence-electron chi connectivity index (χ3n) is 7.48. The summed E-state index contributed by atoms with van der Waals surface area (Å²) in [6.45, 7) is 1.91. The van der Waals surface area contributed by atoms with E-state index in [1.54, 1.807) is 4.90 Å². The molecule has 5 fully saturated rings. The molecule has 4 aliphatic carbocycles. The van der Waals surface area contributed by atoms with Gasteiger partial charge in [-0.1, -0.05) is 0 Å². The maximum atomic E-state index is 12.7. The number of amides is 1. The van der Waals surface area contributed by atoms with Crippen LogP contribution in [0.5, 0.6) is 0 Å². The predicted molar refractivity (Wildman–Crippen MR) is 112 cm³/mol. The molecule has 0 spiro atoms. The fourth-order valence-corrected chi connectivity index (χ4v) is 6.60. The van der Waals surface area contributed by atoms with Crippen molar-refractivity contribution < 1.29 is 4.79 Å². The Bertz CT molecular complexity index is 761. The summed E-state index contributed by atoms with van der Waals surface area (Å²) >= 11 is 0. The van der Waals surface area contributed by atoms with Crippen molar-refractivity contribution in [1.82, 2.24) is 14.9 Å². The minimum Gasteiger partial charge on any atom is -0.338 e. The summed E-state index contributed by atoms with van der Waals surface area (Å²) in [5.74, 6) is 3.37. The van der Waals surface area contributed by atoms with E-state index in [9.17, 15) is 9.59 Å². The number of carbonyl (C=O) groups excluding carboxylic acids is 1. The van der Waals surface area contributed by atoms with Crippen LogP contribution in [0.3, 0.4) is 0 Å². The largest absolute Gasteiger partial charge is 0.338 e. The molecule has 0 radical (unpaired) electrons. The van der Waals surface area contributed by atoms with Crippen molar-refractivity contribution in [2.24, 2.45) is 29.4 Å². The van der Waals surface area contributed by atoms with Crippen LogP contribution < -0.4 is 11.3 Å². The fourth-order valence-electron chi connectivity index (χ4n) is 6.60. The van der Waals surface area contributed by atoms with Crippen LogP contribution in [0, 0.1) is 23.7 Å². The van der Waals surface area contributed by atoms with Crippen molar-refractivity contribution in [3.63, 3.8) is 0 Å². The number of halogens is 2.